The van der Waals surface area contributed by atoms with Crippen molar-refractivity contribution in [3.8, 4) is 12.3 Å². The van der Waals surface area contributed by atoms with E-state index in [1.54, 1.807) is 0 Å². The molecule has 1 atom stereocenters. The maximum absolute atomic E-state index is 5.46. The fourth-order valence-corrected chi connectivity index (χ4v) is 0.877. The van der Waals surface area contributed by atoms with Gasteiger partial charge in [-0.05, 0) is 27.3 Å². The third-order valence-electron chi connectivity index (χ3n) is 1.68. The maximum Gasteiger partial charge on any atom is 0.0623 e. The van der Waals surface area contributed by atoms with Crippen LogP contribution in [0.4, 0.5) is 0 Å². The highest BCUT2D eigenvalue weighted by atomic mass is 16.5. The zero-order chi connectivity index (χ0) is 9.40. The number of terminal acetylenes is 1. The summed E-state index contributed by atoms with van der Waals surface area (Å²) in [5, 5.41) is 3.17. The van der Waals surface area contributed by atoms with Gasteiger partial charge in [0.1, 0.15) is 0 Å². The summed E-state index contributed by atoms with van der Waals surface area (Å²) in [5.41, 5.74) is 0. The summed E-state index contributed by atoms with van der Waals surface area (Å²) < 4.78 is 5.46. The predicted octanol–water partition coefficient (Wildman–Crippen LogP) is 1.41. The lowest BCUT2D eigenvalue weighted by Gasteiger charge is -2.16. The van der Waals surface area contributed by atoms with Crippen molar-refractivity contribution in [1.82, 2.24) is 5.32 Å². The van der Waals surface area contributed by atoms with Crippen LogP contribution in [0.3, 0.4) is 0 Å². The van der Waals surface area contributed by atoms with Gasteiger partial charge in [0.2, 0.25) is 0 Å². The number of hydrogen-bond acceptors (Lipinski definition) is 2. The molecule has 2 heteroatoms. The number of hydrogen-bond donors (Lipinski definition) is 1. The van der Waals surface area contributed by atoms with Gasteiger partial charge in [0.15, 0.2) is 0 Å². The molecule has 0 fully saturated rings. The van der Waals surface area contributed by atoms with E-state index in [0.29, 0.717) is 12.1 Å². The molecule has 0 saturated heterocycles. The molecule has 2 nitrogen and oxygen atoms in total. The van der Waals surface area contributed by atoms with E-state index in [1.165, 1.54) is 0 Å². The first kappa shape index (κ1) is 11.5. The van der Waals surface area contributed by atoms with Crippen molar-refractivity contribution in [2.75, 3.05) is 13.7 Å². The zero-order valence-corrected chi connectivity index (χ0v) is 8.26. The third-order valence-corrected chi connectivity index (χ3v) is 1.68. The van der Waals surface area contributed by atoms with Crippen molar-refractivity contribution in [3.63, 3.8) is 0 Å². The van der Waals surface area contributed by atoms with Crippen molar-refractivity contribution in [1.29, 1.82) is 0 Å². The molecule has 70 valence electrons. The van der Waals surface area contributed by atoms with Crippen molar-refractivity contribution >= 4 is 0 Å². The second kappa shape index (κ2) is 7.15. The molecule has 1 N–H and O–H groups in total. The Bertz CT molecular complexity index is 137. The average molecular weight is 169 g/mol. The molecule has 0 saturated carbocycles. The molecule has 0 spiro atoms. The molecular weight excluding hydrogens is 150 g/mol. The van der Waals surface area contributed by atoms with Crippen LogP contribution < -0.4 is 5.32 Å². The van der Waals surface area contributed by atoms with Gasteiger partial charge in [-0.25, -0.2) is 0 Å². The average Bonchev–Trinajstić information content (AvgIpc) is 2.05. The molecule has 0 radical (unpaired) electrons. The van der Waals surface area contributed by atoms with E-state index in [2.05, 4.69) is 11.2 Å². The quantitative estimate of drug-likeness (QED) is 0.607. The number of nitrogens with one attached hydrogen (secondary N) is 1. The summed E-state index contributed by atoms with van der Waals surface area (Å²) in [6.07, 6.45) is 7.27. The second-order valence-electron chi connectivity index (χ2n) is 3.11. The van der Waals surface area contributed by atoms with Gasteiger partial charge in [0.25, 0.3) is 0 Å². The Morgan fingerprint density at radius 2 is 2.17 bits per heavy atom. The van der Waals surface area contributed by atoms with E-state index in [0.717, 1.165) is 19.4 Å². The standard InChI is InChI=1S/C10H19NO/c1-5-6-7-10(11-4)8-12-9(2)3/h1,9-11H,6-8H2,2-4H3. The lowest BCUT2D eigenvalue weighted by atomic mass is 10.2. The van der Waals surface area contributed by atoms with Crippen molar-refractivity contribution < 1.29 is 4.74 Å². The minimum absolute atomic E-state index is 0.298. The molecule has 0 aromatic rings. The Labute approximate surface area is 75.7 Å². The molecule has 0 aliphatic heterocycles. The fraction of sp³-hybridized carbons (Fsp3) is 0.800. The van der Waals surface area contributed by atoms with Gasteiger partial charge in [0, 0.05) is 12.5 Å². The van der Waals surface area contributed by atoms with E-state index >= 15 is 0 Å². The Morgan fingerprint density at radius 1 is 1.50 bits per heavy atom. The Hall–Kier alpha value is -0.520. The van der Waals surface area contributed by atoms with E-state index < -0.39 is 0 Å². The van der Waals surface area contributed by atoms with Crippen LogP contribution >= 0.6 is 0 Å². The van der Waals surface area contributed by atoms with Crippen LogP contribution in [0.5, 0.6) is 0 Å². The largest absolute Gasteiger partial charge is 0.377 e. The first-order valence-corrected chi connectivity index (χ1v) is 4.43. The number of rotatable bonds is 6. The Kier molecular flexibility index (Phi) is 6.84. The normalized spacial score (nSPS) is 12.9. The van der Waals surface area contributed by atoms with Crippen LogP contribution in [-0.4, -0.2) is 25.8 Å². The first-order valence-electron chi connectivity index (χ1n) is 4.43. The molecule has 0 heterocycles. The molecule has 0 bridgehead atoms. The SMILES string of the molecule is C#CCCC(COC(C)C)NC. The molecule has 0 aromatic heterocycles. The van der Waals surface area contributed by atoms with Gasteiger partial charge >= 0.3 is 0 Å². The summed E-state index contributed by atoms with van der Waals surface area (Å²) in [5.74, 6) is 2.62. The van der Waals surface area contributed by atoms with Gasteiger partial charge in [0.05, 0.1) is 12.7 Å². The monoisotopic (exact) mass is 169 g/mol. The van der Waals surface area contributed by atoms with Crippen LogP contribution in [0.2, 0.25) is 0 Å². The molecule has 0 rings (SSSR count). The van der Waals surface area contributed by atoms with Gasteiger partial charge in [-0.3, -0.25) is 0 Å². The number of likely N-dealkylation sites (N-methyl/N-ethyl adjacent to an activating group) is 1. The van der Waals surface area contributed by atoms with E-state index in [1.807, 2.05) is 20.9 Å². The van der Waals surface area contributed by atoms with Gasteiger partial charge in [-0.2, -0.15) is 0 Å². The fourth-order valence-electron chi connectivity index (χ4n) is 0.877. The number of ether oxygens (including phenoxy) is 1. The highest BCUT2D eigenvalue weighted by molar-refractivity contribution is 4.85. The minimum atomic E-state index is 0.298. The van der Waals surface area contributed by atoms with Crippen LogP contribution in [-0.2, 0) is 4.74 Å². The van der Waals surface area contributed by atoms with E-state index in [4.69, 9.17) is 11.2 Å². The summed E-state index contributed by atoms with van der Waals surface area (Å²) >= 11 is 0. The summed E-state index contributed by atoms with van der Waals surface area (Å²) in [7, 11) is 1.94. The van der Waals surface area contributed by atoms with E-state index in [-0.39, 0.29) is 0 Å². The molecule has 0 aliphatic carbocycles. The lowest BCUT2D eigenvalue weighted by Crippen LogP contribution is -2.31. The molecule has 1 unspecified atom stereocenters. The van der Waals surface area contributed by atoms with Crippen LogP contribution in [0.25, 0.3) is 0 Å². The second-order valence-corrected chi connectivity index (χ2v) is 3.11. The van der Waals surface area contributed by atoms with Gasteiger partial charge in [-0.15, -0.1) is 12.3 Å². The Morgan fingerprint density at radius 3 is 2.58 bits per heavy atom. The predicted molar refractivity (Wildman–Crippen MR) is 52.0 cm³/mol. The van der Waals surface area contributed by atoms with Crippen LogP contribution in [0, 0.1) is 12.3 Å². The molecule has 0 aliphatic rings. The third kappa shape index (κ3) is 6.21. The highest BCUT2D eigenvalue weighted by Gasteiger charge is 2.05. The maximum atomic E-state index is 5.46. The van der Waals surface area contributed by atoms with E-state index in [9.17, 15) is 0 Å². The summed E-state index contributed by atoms with van der Waals surface area (Å²) in [6, 6.07) is 0.392. The van der Waals surface area contributed by atoms with Gasteiger partial charge < -0.3 is 10.1 Å². The van der Waals surface area contributed by atoms with Gasteiger partial charge in [-0.1, -0.05) is 0 Å². The van der Waals surface area contributed by atoms with Crippen molar-refractivity contribution in [2.45, 2.75) is 38.8 Å². The summed E-state index contributed by atoms with van der Waals surface area (Å²) in [4.78, 5) is 0. The molecule has 12 heavy (non-hydrogen) atoms. The molecular formula is C10H19NO. The topological polar surface area (TPSA) is 21.3 Å². The smallest absolute Gasteiger partial charge is 0.0623 e. The minimum Gasteiger partial charge on any atom is -0.377 e. The molecule has 0 aromatic carbocycles. The van der Waals surface area contributed by atoms with Crippen LogP contribution in [0.15, 0.2) is 0 Å². The van der Waals surface area contributed by atoms with Crippen LogP contribution in [0.1, 0.15) is 26.7 Å². The Balaban J connectivity index is 3.47. The zero-order valence-electron chi connectivity index (χ0n) is 8.26. The molecule has 0 amide bonds. The lowest BCUT2D eigenvalue weighted by molar-refractivity contribution is 0.0614. The summed E-state index contributed by atoms with van der Waals surface area (Å²) in [6.45, 7) is 4.82. The van der Waals surface area contributed by atoms with Crippen molar-refractivity contribution in [3.05, 3.63) is 0 Å². The first-order chi connectivity index (χ1) is 5.70. The highest BCUT2D eigenvalue weighted by Crippen LogP contribution is 1.98. The van der Waals surface area contributed by atoms with Crippen molar-refractivity contribution in [2.24, 2.45) is 0 Å².